The number of fused-ring (bicyclic) bond motifs is 1. The van der Waals surface area contributed by atoms with Crippen LogP contribution in [0.15, 0.2) is 53.0 Å². The first-order valence-corrected chi connectivity index (χ1v) is 13.4. The van der Waals surface area contributed by atoms with Crippen LogP contribution in [0.2, 0.25) is 0 Å². The van der Waals surface area contributed by atoms with Gasteiger partial charge in [-0.15, -0.1) is 0 Å². The first kappa shape index (κ1) is 26.1. The molecule has 36 heavy (non-hydrogen) atoms. The lowest BCUT2D eigenvalue weighted by Gasteiger charge is -2.31. The van der Waals surface area contributed by atoms with Crippen LogP contribution in [0.25, 0.3) is 0 Å². The molecule has 0 unspecified atom stereocenters. The molecule has 4 amide bonds. The highest BCUT2D eigenvalue weighted by Gasteiger charge is 2.35. The average Bonchev–Trinajstić information content (AvgIpc) is 3.13. The molecule has 1 fully saturated rings. The average molecular weight is 554 g/mol. The fourth-order valence-corrected chi connectivity index (χ4v) is 5.18. The molecule has 8 heteroatoms. The van der Waals surface area contributed by atoms with E-state index in [1.807, 2.05) is 24.3 Å². The van der Waals surface area contributed by atoms with E-state index in [1.165, 1.54) is 11.3 Å². The van der Waals surface area contributed by atoms with Crippen LogP contribution in [0.1, 0.15) is 78.1 Å². The number of rotatable bonds is 9. The van der Waals surface area contributed by atoms with Gasteiger partial charge < -0.3 is 10.2 Å². The van der Waals surface area contributed by atoms with Crippen LogP contribution in [-0.4, -0.2) is 52.1 Å². The quantitative estimate of drug-likeness (QED) is 0.456. The third kappa shape index (κ3) is 6.03. The molecule has 1 aliphatic carbocycles. The van der Waals surface area contributed by atoms with E-state index in [4.69, 9.17) is 0 Å². The molecule has 1 atom stereocenters. The summed E-state index contributed by atoms with van der Waals surface area (Å²) in [6.45, 7) is 2.23. The first-order chi connectivity index (χ1) is 17.3. The SMILES string of the molecule is C[C@@H](C(=O)NC1CCCCC1)N(Cc1ccc(Br)cc1)C(=O)CCCN1C(=O)c2ccccc2C1=O. The molecular weight excluding hydrogens is 522 g/mol. The highest BCUT2D eigenvalue weighted by Crippen LogP contribution is 2.23. The summed E-state index contributed by atoms with van der Waals surface area (Å²) in [5.41, 5.74) is 1.72. The molecule has 1 heterocycles. The Balaban J connectivity index is 1.40. The Bertz CT molecular complexity index is 1090. The number of imide groups is 1. The summed E-state index contributed by atoms with van der Waals surface area (Å²) in [4.78, 5) is 54.5. The molecule has 2 aromatic rings. The molecule has 0 spiro atoms. The van der Waals surface area contributed by atoms with Crippen molar-refractivity contribution < 1.29 is 19.2 Å². The van der Waals surface area contributed by atoms with Crippen molar-refractivity contribution in [3.63, 3.8) is 0 Å². The minimum atomic E-state index is -0.637. The van der Waals surface area contributed by atoms with Gasteiger partial charge in [0.15, 0.2) is 0 Å². The van der Waals surface area contributed by atoms with Crippen LogP contribution in [0.5, 0.6) is 0 Å². The Kier molecular flexibility index (Phi) is 8.56. The number of carbonyl (C=O) groups is 4. The Labute approximate surface area is 220 Å². The molecule has 0 bridgehead atoms. The first-order valence-electron chi connectivity index (χ1n) is 12.6. The Hall–Kier alpha value is -3.00. The van der Waals surface area contributed by atoms with Gasteiger partial charge in [-0.1, -0.05) is 59.5 Å². The summed E-state index contributed by atoms with van der Waals surface area (Å²) in [6.07, 6.45) is 5.82. The third-order valence-corrected chi connectivity index (χ3v) is 7.56. The van der Waals surface area contributed by atoms with Crippen LogP contribution < -0.4 is 5.32 Å². The van der Waals surface area contributed by atoms with E-state index in [2.05, 4.69) is 21.2 Å². The number of carbonyl (C=O) groups excluding carboxylic acids is 4. The lowest BCUT2D eigenvalue weighted by atomic mass is 9.95. The van der Waals surface area contributed by atoms with Gasteiger partial charge in [0.1, 0.15) is 6.04 Å². The zero-order valence-electron chi connectivity index (χ0n) is 20.5. The third-order valence-electron chi connectivity index (χ3n) is 7.04. The van der Waals surface area contributed by atoms with Crippen molar-refractivity contribution in [3.8, 4) is 0 Å². The lowest BCUT2D eigenvalue weighted by Crippen LogP contribution is -2.50. The molecule has 1 saturated carbocycles. The summed E-state index contributed by atoms with van der Waals surface area (Å²) in [7, 11) is 0. The van der Waals surface area contributed by atoms with Gasteiger partial charge in [-0.3, -0.25) is 24.1 Å². The second-order valence-electron chi connectivity index (χ2n) is 9.58. The fourth-order valence-electron chi connectivity index (χ4n) is 4.91. The monoisotopic (exact) mass is 553 g/mol. The number of amides is 4. The number of halogens is 1. The smallest absolute Gasteiger partial charge is 0.261 e. The molecule has 190 valence electrons. The van der Waals surface area contributed by atoms with E-state index in [0.717, 1.165) is 35.7 Å². The Morgan fingerprint density at radius 2 is 1.61 bits per heavy atom. The van der Waals surface area contributed by atoms with Gasteiger partial charge in [0, 0.05) is 30.0 Å². The van der Waals surface area contributed by atoms with E-state index in [9.17, 15) is 19.2 Å². The van der Waals surface area contributed by atoms with Crippen molar-refractivity contribution in [2.24, 2.45) is 0 Å². The van der Waals surface area contributed by atoms with Crippen LogP contribution in [-0.2, 0) is 16.1 Å². The summed E-state index contributed by atoms with van der Waals surface area (Å²) >= 11 is 3.43. The summed E-state index contributed by atoms with van der Waals surface area (Å²) in [5, 5.41) is 3.13. The van der Waals surface area contributed by atoms with E-state index in [-0.39, 0.29) is 42.6 Å². The van der Waals surface area contributed by atoms with Gasteiger partial charge in [0.05, 0.1) is 11.1 Å². The second kappa shape index (κ2) is 11.8. The lowest BCUT2D eigenvalue weighted by molar-refractivity contribution is -0.141. The van der Waals surface area contributed by atoms with Crippen molar-refractivity contribution in [1.29, 1.82) is 0 Å². The zero-order chi connectivity index (χ0) is 25.7. The van der Waals surface area contributed by atoms with Crippen molar-refractivity contribution in [1.82, 2.24) is 15.1 Å². The van der Waals surface area contributed by atoms with Crippen LogP contribution in [0.4, 0.5) is 0 Å². The van der Waals surface area contributed by atoms with Gasteiger partial charge in [-0.25, -0.2) is 0 Å². The maximum atomic E-state index is 13.4. The number of nitrogens with zero attached hydrogens (tertiary/aromatic N) is 2. The van der Waals surface area contributed by atoms with Gasteiger partial charge in [0.25, 0.3) is 11.8 Å². The maximum Gasteiger partial charge on any atom is 0.261 e. The molecule has 2 aromatic carbocycles. The predicted molar refractivity (Wildman–Crippen MR) is 140 cm³/mol. The number of nitrogens with one attached hydrogen (secondary N) is 1. The van der Waals surface area contributed by atoms with E-state index in [0.29, 0.717) is 24.1 Å². The fraction of sp³-hybridized carbons (Fsp3) is 0.429. The molecule has 4 rings (SSSR count). The molecule has 7 nitrogen and oxygen atoms in total. The minimum absolute atomic E-state index is 0.130. The van der Waals surface area contributed by atoms with Crippen molar-refractivity contribution in [2.45, 2.75) is 70.5 Å². The predicted octanol–water partition coefficient (Wildman–Crippen LogP) is 4.69. The van der Waals surface area contributed by atoms with Crippen molar-refractivity contribution in [2.75, 3.05) is 6.54 Å². The van der Waals surface area contributed by atoms with E-state index < -0.39 is 6.04 Å². The van der Waals surface area contributed by atoms with Crippen LogP contribution in [0.3, 0.4) is 0 Å². The molecule has 0 saturated heterocycles. The zero-order valence-corrected chi connectivity index (χ0v) is 22.1. The number of hydrogen-bond donors (Lipinski definition) is 1. The highest BCUT2D eigenvalue weighted by molar-refractivity contribution is 9.10. The van der Waals surface area contributed by atoms with Gasteiger partial charge in [0.2, 0.25) is 11.8 Å². The van der Waals surface area contributed by atoms with E-state index >= 15 is 0 Å². The minimum Gasteiger partial charge on any atom is -0.352 e. The molecular formula is C28H32BrN3O4. The van der Waals surface area contributed by atoms with Crippen LogP contribution >= 0.6 is 15.9 Å². The topological polar surface area (TPSA) is 86.8 Å². The summed E-state index contributed by atoms with van der Waals surface area (Å²) in [6, 6.07) is 14.0. The standard InChI is InChI=1S/C28H32BrN3O4/c1-19(26(34)30-22-8-3-2-4-9-22)32(18-20-13-15-21(29)16-14-20)25(33)12-7-17-31-27(35)23-10-5-6-11-24(23)28(31)36/h5-6,10-11,13-16,19,22H,2-4,7-9,12,17-18H2,1H3,(H,30,34)/t19-/m0/s1. The van der Waals surface area contributed by atoms with E-state index in [1.54, 1.807) is 36.1 Å². The summed E-state index contributed by atoms with van der Waals surface area (Å²) < 4.78 is 0.938. The van der Waals surface area contributed by atoms with Crippen molar-refractivity contribution in [3.05, 3.63) is 69.7 Å². The highest BCUT2D eigenvalue weighted by atomic mass is 79.9. The second-order valence-corrected chi connectivity index (χ2v) is 10.5. The normalized spacial score (nSPS) is 16.6. The number of hydrogen-bond acceptors (Lipinski definition) is 4. The number of benzene rings is 2. The van der Waals surface area contributed by atoms with Gasteiger partial charge in [-0.05, 0) is 56.0 Å². The molecule has 2 aliphatic rings. The van der Waals surface area contributed by atoms with Crippen LogP contribution in [0, 0.1) is 0 Å². The molecule has 1 N–H and O–H groups in total. The summed E-state index contributed by atoms with van der Waals surface area (Å²) in [5.74, 6) is -0.974. The van der Waals surface area contributed by atoms with Crippen molar-refractivity contribution >= 4 is 39.6 Å². The Morgan fingerprint density at radius 3 is 2.22 bits per heavy atom. The Morgan fingerprint density at radius 1 is 1.00 bits per heavy atom. The largest absolute Gasteiger partial charge is 0.352 e. The maximum absolute atomic E-state index is 13.4. The molecule has 1 aliphatic heterocycles. The van der Waals surface area contributed by atoms with Gasteiger partial charge >= 0.3 is 0 Å². The molecule has 0 radical (unpaired) electrons. The molecule has 0 aromatic heterocycles. The van der Waals surface area contributed by atoms with Gasteiger partial charge in [-0.2, -0.15) is 0 Å².